The normalized spacial score (nSPS) is 10.7. The molecule has 0 aliphatic rings. The van der Waals surface area contributed by atoms with Crippen LogP contribution in [0.15, 0.2) is 200 Å². The number of aromatic nitrogens is 3. The van der Waals surface area contributed by atoms with Gasteiger partial charge < -0.3 is 4.57 Å². The molecule has 0 bridgehead atoms. The summed E-state index contributed by atoms with van der Waals surface area (Å²) in [5.41, 5.74) is 15.1. The lowest BCUT2D eigenvalue weighted by molar-refractivity contribution is 1.17. The zero-order valence-corrected chi connectivity index (χ0v) is 38.6. The Labute approximate surface area is 420 Å². The standard InChI is InChI=1S/C64H33N9/c65-34-40-11-15-46(16-12-40)55-31-54(60-33-59(48-7-3-1-4-8-48)71-64(72-60)49-9-5-2-6-10-49)32-56(47-17-13-41(35-66)14-18-47)63(55)73-61-21-19-50(52-25-42(36-67)23-43(26-52)37-68)29-57(61)58-30-51(20-22-62(58)73)53-27-44(38-69)24-45(28-53)39-70/h1-33H. The van der Waals surface area contributed by atoms with E-state index in [4.69, 9.17) is 9.97 Å². The molecule has 0 saturated heterocycles. The van der Waals surface area contributed by atoms with Gasteiger partial charge in [-0.3, -0.25) is 0 Å². The van der Waals surface area contributed by atoms with Crippen molar-refractivity contribution in [2.45, 2.75) is 0 Å². The van der Waals surface area contributed by atoms with E-state index >= 15 is 0 Å². The van der Waals surface area contributed by atoms with Crippen molar-refractivity contribution in [2.24, 2.45) is 0 Å². The fourth-order valence-electron chi connectivity index (χ4n) is 9.45. The monoisotopic (exact) mass is 927 g/mol. The summed E-state index contributed by atoms with van der Waals surface area (Å²) in [4.78, 5) is 10.3. The number of hydrogen-bond donors (Lipinski definition) is 0. The van der Waals surface area contributed by atoms with Gasteiger partial charge in [-0.25, -0.2) is 9.97 Å². The SMILES string of the molecule is N#Cc1ccc(-c2cc(-c3cc(-c4ccccc4)nc(-c4ccccc4)n3)cc(-c3ccc(C#N)cc3)c2-n2c3ccc(-c4cc(C#N)cc(C#N)c4)cc3c3cc(-c4cc(C#N)cc(C#N)c4)ccc32)cc1. The molecule has 0 N–H and O–H groups in total. The van der Waals surface area contributed by atoms with Gasteiger partial charge in [0.2, 0.25) is 0 Å². The fraction of sp³-hybridized carbons (Fsp3) is 0. The first kappa shape index (κ1) is 44.3. The molecule has 0 aliphatic heterocycles. The molecule has 0 fully saturated rings. The maximum absolute atomic E-state index is 9.98. The van der Waals surface area contributed by atoms with E-state index < -0.39 is 0 Å². The van der Waals surface area contributed by atoms with Gasteiger partial charge in [0.15, 0.2) is 5.82 Å². The minimum atomic E-state index is 0.360. The Morgan fingerprint density at radius 1 is 0.288 bits per heavy atom. The van der Waals surface area contributed by atoms with Crippen LogP contribution in [0.5, 0.6) is 0 Å². The smallest absolute Gasteiger partial charge is 0.160 e. The molecule has 11 rings (SSSR count). The van der Waals surface area contributed by atoms with Gasteiger partial charge in [-0.2, -0.15) is 31.6 Å². The van der Waals surface area contributed by atoms with Crippen LogP contribution in [0.25, 0.3) is 106 Å². The van der Waals surface area contributed by atoms with Gasteiger partial charge in [-0.1, -0.05) is 97.1 Å². The average molecular weight is 928 g/mol. The molecular formula is C64H33N9. The van der Waals surface area contributed by atoms with Gasteiger partial charge in [0, 0.05) is 38.6 Å². The largest absolute Gasteiger partial charge is 0.308 e. The third kappa shape index (κ3) is 8.34. The highest BCUT2D eigenvalue weighted by atomic mass is 15.0. The molecule has 9 aromatic carbocycles. The third-order valence-electron chi connectivity index (χ3n) is 12.9. The quantitative estimate of drug-likeness (QED) is 0.145. The summed E-state index contributed by atoms with van der Waals surface area (Å²) in [5.74, 6) is 0.555. The maximum Gasteiger partial charge on any atom is 0.160 e. The number of nitrogens with zero attached hydrogens (tertiary/aromatic N) is 9. The summed E-state index contributed by atoms with van der Waals surface area (Å²) in [6.07, 6.45) is 0. The Kier molecular flexibility index (Phi) is 11.4. The Hall–Kier alpha value is -11.2. The first-order valence-electron chi connectivity index (χ1n) is 23.0. The van der Waals surface area contributed by atoms with E-state index in [0.717, 1.165) is 83.3 Å². The van der Waals surface area contributed by atoms with Crippen LogP contribution in [0.2, 0.25) is 0 Å². The van der Waals surface area contributed by atoms with Crippen LogP contribution < -0.4 is 0 Å². The summed E-state index contributed by atoms with van der Waals surface area (Å²) in [7, 11) is 0. The van der Waals surface area contributed by atoms with Crippen molar-refractivity contribution >= 4 is 21.8 Å². The number of hydrogen-bond acceptors (Lipinski definition) is 8. The van der Waals surface area contributed by atoms with Crippen LogP contribution in [-0.2, 0) is 0 Å². The van der Waals surface area contributed by atoms with Gasteiger partial charge in [0.05, 0.1) is 97.9 Å². The summed E-state index contributed by atoms with van der Waals surface area (Å²) in [5, 5.41) is 61.5. The van der Waals surface area contributed by atoms with Crippen LogP contribution in [-0.4, -0.2) is 14.5 Å². The van der Waals surface area contributed by atoms with Gasteiger partial charge in [-0.05, 0) is 137 Å². The summed E-state index contributed by atoms with van der Waals surface area (Å²) >= 11 is 0. The molecule has 2 heterocycles. The van der Waals surface area contributed by atoms with Crippen LogP contribution in [0.1, 0.15) is 33.4 Å². The van der Waals surface area contributed by atoms with Crippen molar-refractivity contribution < 1.29 is 0 Å². The van der Waals surface area contributed by atoms with Crippen LogP contribution >= 0.6 is 0 Å². The zero-order valence-electron chi connectivity index (χ0n) is 38.6. The molecule has 0 radical (unpaired) electrons. The van der Waals surface area contributed by atoms with Crippen molar-refractivity contribution in [3.05, 3.63) is 234 Å². The van der Waals surface area contributed by atoms with E-state index in [9.17, 15) is 31.6 Å². The lowest BCUT2D eigenvalue weighted by Gasteiger charge is -2.21. The van der Waals surface area contributed by atoms with E-state index in [2.05, 4.69) is 65.2 Å². The Balaban J connectivity index is 1.26. The number of benzene rings is 9. The highest BCUT2D eigenvalue weighted by Gasteiger charge is 2.24. The first-order valence-corrected chi connectivity index (χ1v) is 23.0. The molecule has 0 spiro atoms. The second-order valence-electron chi connectivity index (χ2n) is 17.3. The molecule has 0 amide bonds. The van der Waals surface area contributed by atoms with Crippen molar-refractivity contribution in [1.82, 2.24) is 14.5 Å². The summed E-state index contributed by atoms with van der Waals surface area (Å²) in [6, 6.07) is 76.9. The number of rotatable bonds is 8. The van der Waals surface area contributed by atoms with E-state index in [1.807, 2.05) is 115 Å². The molecular weight excluding hydrogens is 895 g/mol. The highest BCUT2D eigenvalue weighted by Crippen LogP contribution is 2.46. The highest BCUT2D eigenvalue weighted by molar-refractivity contribution is 6.13. The molecule has 0 atom stereocenters. The molecule has 2 aromatic heterocycles. The summed E-state index contributed by atoms with van der Waals surface area (Å²) in [6.45, 7) is 0. The van der Waals surface area contributed by atoms with Crippen molar-refractivity contribution in [2.75, 3.05) is 0 Å². The molecule has 0 unspecified atom stereocenters. The first-order chi connectivity index (χ1) is 35.8. The lowest BCUT2D eigenvalue weighted by atomic mass is 9.91. The summed E-state index contributed by atoms with van der Waals surface area (Å²) < 4.78 is 2.23. The fourth-order valence-corrected chi connectivity index (χ4v) is 9.45. The number of fused-ring (bicyclic) bond motifs is 3. The van der Waals surface area contributed by atoms with Gasteiger partial charge in [-0.15, -0.1) is 0 Å². The Bertz CT molecular complexity index is 3970. The zero-order chi connectivity index (χ0) is 50.0. The van der Waals surface area contributed by atoms with Crippen LogP contribution in [0.4, 0.5) is 0 Å². The Morgan fingerprint density at radius 2 is 0.671 bits per heavy atom. The van der Waals surface area contributed by atoms with Gasteiger partial charge >= 0.3 is 0 Å². The lowest BCUT2D eigenvalue weighted by Crippen LogP contribution is -2.03. The molecule has 11 aromatic rings. The predicted octanol–water partition coefficient (Wildman–Crippen LogP) is 14.5. The minimum absolute atomic E-state index is 0.360. The molecule has 0 saturated carbocycles. The second-order valence-corrected chi connectivity index (χ2v) is 17.3. The average Bonchev–Trinajstić information content (AvgIpc) is 3.79. The van der Waals surface area contributed by atoms with Gasteiger partial charge in [0.1, 0.15) is 0 Å². The van der Waals surface area contributed by atoms with Crippen LogP contribution in [0, 0.1) is 68.0 Å². The second kappa shape index (κ2) is 18.7. The van der Waals surface area contributed by atoms with Crippen molar-refractivity contribution in [3.63, 3.8) is 0 Å². The van der Waals surface area contributed by atoms with Gasteiger partial charge in [0.25, 0.3) is 0 Å². The Morgan fingerprint density at radius 3 is 1.08 bits per heavy atom. The van der Waals surface area contributed by atoms with E-state index in [-0.39, 0.29) is 0 Å². The molecule has 334 valence electrons. The van der Waals surface area contributed by atoms with E-state index in [1.165, 1.54) is 0 Å². The number of nitriles is 6. The third-order valence-corrected chi connectivity index (χ3v) is 12.9. The maximum atomic E-state index is 9.98. The molecule has 0 aliphatic carbocycles. The van der Waals surface area contributed by atoms with Crippen molar-refractivity contribution in [1.29, 1.82) is 31.6 Å². The molecule has 9 heteroatoms. The van der Waals surface area contributed by atoms with E-state index in [1.54, 1.807) is 60.7 Å². The van der Waals surface area contributed by atoms with Crippen molar-refractivity contribution in [3.8, 4) is 121 Å². The van der Waals surface area contributed by atoms with E-state index in [0.29, 0.717) is 56.0 Å². The molecule has 9 nitrogen and oxygen atoms in total. The minimum Gasteiger partial charge on any atom is -0.308 e. The molecule has 73 heavy (non-hydrogen) atoms. The topological polar surface area (TPSA) is 173 Å². The van der Waals surface area contributed by atoms with Crippen LogP contribution in [0.3, 0.4) is 0 Å². The predicted molar refractivity (Wildman–Crippen MR) is 283 cm³/mol.